The van der Waals surface area contributed by atoms with Crippen LogP contribution in [0.4, 0.5) is 11.6 Å². The summed E-state index contributed by atoms with van der Waals surface area (Å²) < 4.78 is 0. The van der Waals surface area contributed by atoms with Gasteiger partial charge in [-0.1, -0.05) is 103 Å². The molecule has 0 fully saturated rings. The normalized spacial score (nSPS) is 17.1. The van der Waals surface area contributed by atoms with E-state index in [1.807, 2.05) is 103 Å². The molecule has 2 aliphatic heterocycles. The average molecular weight is 641 g/mol. The first-order valence-electron chi connectivity index (χ1n) is 15.5. The fourth-order valence-corrected chi connectivity index (χ4v) is 7.63. The van der Waals surface area contributed by atoms with Crippen LogP contribution in [0.5, 0.6) is 5.75 Å². The van der Waals surface area contributed by atoms with Gasteiger partial charge in [-0.2, -0.15) is 0 Å². The largest absolute Gasteiger partial charge is 0.507 e. The number of benzene rings is 4. The molecule has 1 aliphatic carbocycles. The number of nitrogens with one attached hydrogen (secondary N) is 3. The number of phenolic OH excluding ortho intramolecular Hbond substituents is 1. The van der Waals surface area contributed by atoms with E-state index in [1.165, 1.54) is 11.8 Å². The van der Waals surface area contributed by atoms with Gasteiger partial charge in [0.25, 0.3) is 0 Å². The van der Waals surface area contributed by atoms with Gasteiger partial charge in [0.15, 0.2) is 5.82 Å². The summed E-state index contributed by atoms with van der Waals surface area (Å²) >= 11 is 1.48. The number of allylic oxidation sites excluding steroid dienone is 3. The Morgan fingerprint density at radius 3 is 1.96 bits per heavy atom. The molecule has 0 saturated heterocycles. The second-order valence-corrected chi connectivity index (χ2v) is 12.8. The molecule has 1 unspecified atom stereocenters. The van der Waals surface area contributed by atoms with Crippen LogP contribution in [0.15, 0.2) is 161 Å². The highest BCUT2D eigenvalue weighted by Gasteiger charge is 2.28. The molecule has 10 heteroatoms. The number of hydrogen-bond donors (Lipinski definition) is 4. The van der Waals surface area contributed by atoms with Crippen molar-refractivity contribution in [2.24, 2.45) is 30.9 Å². The number of hydrogen-bond acceptors (Lipinski definition) is 7. The third-order valence-corrected chi connectivity index (χ3v) is 9.98. The predicted octanol–water partition coefficient (Wildman–Crippen LogP) is 6.51. The van der Waals surface area contributed by atoms with Crippen LogP contribution in [-0.4, -0.2) is 25.9 Å². The van der Waals surface area contributed by atoms with E-state index in [0.717, 1.165) is 42.8 Å². The van der Waals surface area contributed by atoms with Gasteiger partial charge in [-0.25, -0.2) is 25.0 Å². The molecule has 3 aliphatic rings. The summed E-state index contributed by atoms with van der Waals surface area (Å²) in [7, 11) is 0. The van der Waals surface area contributed by atoms with Gasteiger partial charge < -0.3 is 20.1 Å². The lowest BCUT2D eigenvalue weighted by Gasteiger charge is -2.09. The van der Waals surface area contributed by atoms with Crippen LogP contribution in [-0.2, 0) is 0 Å². The predicted molar refractivity (Wildman–Crippen MR) is 187 cm³/mol. The Hall–Kier alpha value is -6.26. The minimum atomic E-state index is -0.168. The summed E-state index contributed by atoms with van der Waals surface area (Å²) in [6, 6.07) is 29.8. The Morgan fingerprint density at radius 1 is 0.562 bits per heavy atom. The topological polar surface area (TPSA) is 129 Å². The number of aliphatic imine (C=N–C) groups is 1. The van der Waals surface area contributed by atoms with Gasteiger partial charge in [0.05, 0.1) is 10.8 Å². The minimum absolute atomic E-state index is 0.159. The Balaban J connectivity index is 1.35. The van der Waals surface area contributed by atoms with Crippen LogP contribution >= 0.6 is 11.8 Å². The van der Waals surface area contributed by atoms with Crippen molar-refractivity contribution in [1.29, 1.82) is 0 Å². The molecule has 7 aromatic rings. The summed E-state index contributed by atoms with van der Waals surface area (Å²) in [5.74, 6) is 2.50. The quantitative estimate of drug-likeness (QED) is 0.172. The smallest absolute Gasteiger partial charge is 0.160 e. The molecule has 0 amide bonds. The van der Waals surface area contributed by atoms with Crippen molar-refractivity contribution in [2.75, 3.05) is 0 Å². The van der Waals surface area contributed by atoms with E-state index >= 15 is 0 Å². The molecule has 8 bridgehead atoms. The van der Waals surface area contributed by atoms with Gasteiger partial charge in [-0.05, 0) is 24.3 Å². The van der Waals surface area contributed by atoms with E-state index in [1.54, 1.807) is 6.07 Å². The number of H-pyrrole nitrogens is 3. The summed E-state index contributed by atoms with van der Waals surface area (Å²) in [5, 5.41) is 16.6. The van der Waals surface area contributed by atoms with Gasteiger partial charge in [0.2, 0.25) is 0 Å². The number of aromatic nitrogens is 3. The van der Waals surface area contributed by atoms with E-state index < -0.39 is 0 Å². The molecule has 1 atom stereocenters. The first-order chi connectivity index (χ1) is 23.7. The lowest BCUT2D eigenvalue weighted by molar-refractivity contribution is 0.464. The maximum Gasteiger partial charge on any atom is 0.160 e. The van der Waals surface area contributed by atoms with E-state index in [9.17, 15) is 5.11 Å². The van der Waals surface area contributed by atoms with Crippen molar-refractivity contribution >= 4 is 61.6 Å². The van der Waals surface area contributed by atoms with Crippen molar-refractivity contribution in [3.8, 4) is 5.75 Å². The number of fused-ring (bicyclic) bond motifs is 18. The summed E-state index contributed by atoms with van der Waals surface area (Å²) in [4.78, 5) is 37.7. The molecule has 4 aromatic carbocycles. The van der Waals surface area contributed by atoms with Crippen molar-refractivity contribution in [3.05, 3.63) is 149 Å². The maximum absolute atomic E-state index is 11.3. The summed E-state index contributed by atoms with van der Waals surface area (Å²) in [6.07, 6.45) is 8.14. The second kappa shape index (κ2) is 10.4. The first kappa shape index (κ1) is 26.9. The zero-order valence-corrected chi connectivity index (χ0v) is 26.0. The molecule has 0 spiro atoms. The summed E-state index contributed by atoms with van der Waals surface area (Å²) in [6.45, 7) is 0. The highest BCUT2D eigenvalue weighted by Crippen LogP contribution is 2.39. The minimum Gasteiger partial charge on any atom is -0.507 e. The lowest BCUT2D eigenvalue weighted by Crippen LogP contribution is -2.17. The first-order valence-corrected chi connectivity index (χ1v) is 16.4. The SMILES string of the molecule is Oc1ccc2c3[nH]c(c2c1Sc1ccccc1)=NC1=C2C=CC=CC2C(=N1)N=c1[nH]/c(c2ccccc12)=N\c1[nH]c(c2ccccc12)N=3. The second-order valence-electron chi connectivity index (χ2n) is 11.7. The molecular weight excluding hydrogens is 617 g/mol. The fraction of sp³-hybridized carbons (Fsp3) is 0.0263. The maximum atomic E-state index is 11.3. The van der Waals surface area contributed by atoms with E-state index in [4.69, 9.17) is 25.0 Å². The number of nitrogens with zero attached hydrogens (tertiary/aromatic N) is 5. The van der Waals surface area contributed by atoms with Crippen LogP contribution in [0.25, 0.3) is 32.3 Å². The van der Waals surface area contributed by atoms with Gasteiger partial charge in [0, 0.05) is 42.8 Å². The highest BCUT2D eigenvalue weighted by atomic mass is 32.2. The molecule has 10 rings (SSSR count). The van der Waals surface area contributed by atoms with Crippen LogP contribution in [0.2, 0.25) is 0 Å². The van der Waals surface area contributed by atoms with Crippen molar-refractivity contribution in [3.63, 3.8) is 0 Å². The number of aromatic hydroxyl groups is 1. The van der Waals surface area contributed by atoms with Crippen molar-refractivity contribution in [2.45, 2.75) is 9.79 Å². The van der Waals surface area contributed by atoms with Crippen LogP contribution in [0, 0.1) is 5.92 Å². The summed E-state index contributed by atoms with van der Waals surface area (Å²) in [5.41, 5.74) is 3.47. The van der Waals surface area contributed by atoms with Gasteiger partial charge >= 0.3 is 0 Å². The lowest BCUT2D eigenvalue weighted by atomic mass is 9.95. The van der Waals surface area contributed by atoms with E-state index in [-0.39, 0.29) is 11.7 Å². The van der Waals surface area contributed by atoms with E-state index in [0.29, 0.717) is 50.1 Å². The highest BCUT2D eigenvalue weighted by molar-refractivity contribution is 7.99. The van der Waals surface area contributed by atoms with E-state index in [2.05, 4.69) is 21.0 Å². The number of phenols is 1. The molecule has 0 saturated carbocycles. The molecular formula is C38H24N8OS. The van der Waals surface area contributed by atoms with Gasteiger partial charge in [-0.15, -0.1) is 0 Å². The molecule has 228 valence electrons. The average Bonchev–Trinajstić information content (AvgIpc) is 3.85. The zero-order valence-electron chi connectivity index (χ0n) is 25.1. The molecule has 3 aromatic heterocycles. The van der Waals surface area contributed by atoms with Crippen molar-refractivity contribution < 1.29 is 5.11 Å². The van der Waals surface area contributed by atoms with Crippen LogP contribution < -0.4 is 22.0 Å². The Kier molecular flexibility index (Phi) is 5.82. The molecule has 9 nitrogen and oxygen atoms in total. The van der Waals surface area contributed by atoms with Crippen LogP contribution in [0.1, 0.15) is 0 Å². The molecule has 4 N–H and O–H groups in total. The molecule has 5 heterocycles. The Labute approximate surface area is 276 Å². The Morgan fingerprint density at radius 2 is 1.21 bits per heavy atom. The standard InChI is InChI=1S/C38H24N8OS/c47-28-19-18-27-29(30(28)48-20-10-2-1-3-11-20)38-45-36-26-17-9-8-16-25(26)34(43-36)41-32-22-13-5-4-12-21(22)31(39-32)40-33-23-14-6-7-15-24(23)35(42-33)44-37(27)46-38/h1-19,25,42,47H,(H,44,45,46)(H,39,40,41,43). The molecule has 48 heavy (non-hydrogen) atoms. The third kappa shape index (κ3) is 4.16. The number of amidine groups is 1. The number of rotatable bonds is 2. The van der Waals surface area contributed by atoms with Gasteiger partial charge in [0.1, 0.15) is 45.2 Å². The van der Waals surface area contributed by atoms with Crippen LogP contribution in [0.3, 0.4) is 0 Å². The fourth-order valence-electron chi connectivity index (χ4n) is 6.62. The van der Waals surface area contributed by atoms with Gasteiger partial charge in [-0.3, -0.25) is 0 Å². The third-order valence-electron chi connectivity index (χ3n) is 8.85. The molecule has 0 radical (unpaired) electrons. The monoisotopic (exact) mass is 640 g/mol. The van der Waals surface area contributed by atoms with Crippen molar-refractivity contribution in [1.82, 2.24) is 15.0 Å². The number of aromatic amines is 3. The Bertz CT molecular complexity index is 2890. The zero-order chi connectivity index (χ0) is 31.8.